The third kappa shape index (κ3) is 6.09. The molecule has 0 bridgehead atoms. The average Bonchev–Trinajstić information content (AvgIpc) is 3.96. The molecule has 4 nitrogen and oxygen atoms in total. The third-order valence-corrected chi connectivity index (χ3v) is 13.2. The highest BCUT2D eigenvalue weighted by atomic mass is 32.1. The van der Waals surface area contributed by atoms with Crippen LogP contribution < -0.4 is 9.80 Å². The summed E-state index contributed by atoms with van der Waals surface area (Å²) in [7, 11) is 0. The number of hydrogen-bond donors (Lipinski definition) is 0. The normalized spacial score (nSPS) is 12.4. The van der Waals surface area contributed by atoms with Crippen molar-refractivity contribution < 1.29 is 8.83 Å². The summed E-state index contributed by atoms with van der Waals surface area (Å²) in [5, 5.41) is 6.44. The van der Waals surface area contributed by atoms with Gasteiger partial charge in [0.1, 0.15) is 22.3 Å². The van der Waals surface area contributed by atoms with Gasteiger partial charge in [0.2, 0.25) is 0 Å². The number of furan rings is 2. The number of rotatable bonds is 6. The Labute approximate surface area is 359 Å². The zero-order chi connectivity index (χ0) is 41.6. The maximum Gasteiger partial charge on any atom is 0.146 e. The molecule has 0 aliphatic heterocycles. The standard InChI is InChI=1S/C56H46N2O2S/c1-55(2,3)35-25-29-39(30-26-35)57(37-17-9-7-10-18-37)43-33-47-51(53-49(43)41-21-13-15-23-45(41)59-53)52-48(61-47)34-44(50-42-22-14-16-24-46(42)60-54(50)52)58(38-19-11-8-12-20-38)40-31-27-36(28-32-40)56(4,5)6/h7-34H,1-6H3. The van der Waals surface area contributed by atoms with Crippen LogP contribution in [0, 0.1) is 0 Å². The minimum atomic E-state index is 0.0347. The van der Waals surface area contributed by atoms with Gasteiger partial charge in [-0.2, -0.15) is 0 Å². The Morgan fingerprint density at radius 2 is 0.721 bits per heavy atom. The summed E-state index contributed by atoms with van der Waals surface area (Å²) in [6.45, 7) is 13.6. The molecule has 0 saturated heterocycles. The molecule has 0 fully saturated rings. The number of fused-ring (bicyclic) bond motifs is 11. The molecular formula is C56H46N2O2S. The Morgan fingerprint density at radius 3 is 1.10 bits per heavy atom. The predicted octanol–water partition coefficient (Wildman–Crippen LogP) is 17.4. The first-order valence-electron chi connectivity index (χ1n) is 21.1. The van der Waals surface area contributed by atoms with Crippen LogP contribution in [0.15, 0.2) is 179 Å². The van der Waals surface area contributed by atoms with Crippen molar-refractivity contribution in [2.75, 3.05) is 9.80 Å². The van der Waals surface area contributed by atoms with Crippen LogP contribution in [-0.4, -0.2) is 0 Å². The molecule has 0 aliphatic carbocycles. The molecule has 3 aromatic heterocycles. The molecule has 0 unspecified atom stereocenters. The number of para-hydroxylation sites is 4. The van der Waals surface area contributed by atoms with Crippen molar-refractivity contribution in [1.82, 2.24) is 0 Å². The Morgan fingerprint density at radius 1 is 0.377 bits per heavy atom. The minimum absolute atomic E-state index is 0.0347. The van der Waals surface area contributed by atoms with Crippen LogP contribution >= 0.6 is 11.3 Å². The molecular weight excluding hydrogens is 765 g/mol. The summed E-state index contributed by atoms with van der Waals surface area (Å²) < 4.78 is 16.4. The van der Waals surface area contributed by atoms with Gasteiger partial charge in [-0.1, -0.05) is 139 Å². The summed E-state index contributed by atoms with van der Waals surface area (Å²) in [6, 6.07) is 61.1. The van der Waals surface area contributed by atoms with Crippen molar-refractivity contribution in [3.05, 3.63) is 181 Å². The Kier molecular flexibility index (Phi) is 8.46. The molecule has 8 aromatic carbocycles. The van der Waals surface area contributed by atoms with Crippen LogP contribution in [-0.2, 0) is 10.8 Å². The van der Waals surface area contributed by atoms with E-state index in [0.717, 1.165) is 98.2 Å². The van der Waals surface area contributed by atoms with Gasteiger partial charge in [0.25, 0.3) is 0 Å². The molecule has 0 aliphatic rings. The average molecular weight is 811 g/mol. The van der Waals surface area contributed by atoms with Crippen LogP contribution in [0.2, 0.25) is 0 Å². The lowest BCUT2D eigenvalue weighted by Gasteiger charge is -2.28. The van der Waals surface area contributed by atoms with Crippen molar-refractivity contribution in [3.63, 3.8) is 0 Å². The number of hydrogen-bond acceptors (Lipinski definition) is 5. The van der Waals surface area contributed by atoms with E-state index in [0.29, 0.717) is 0 Å². The summed E-state index contributed by atoms with van der Waals surface area (Å²) in [6.07, 6.45) is 0. The van der Waals surface area contributed by atoms with E-state index < -0.39 is 0 Å². The second-order valence-corrected chi connectivity index (χ2v) is 19.3. The first kappa shape index (κ1) is 37.2. The molecule has 11 aromatic rings. The van der Waals surface area contributed by atoms with E-state index in [2.05, 4.69) is 221 Å². The van der Waals surface area contributed by atoms with Crippen molar-refractivity contribution >= 4 is 110 Å². The van der Waals surface area contributed by atoms with Crippen molar-refractivity contribution in [2.45, 2.75) is 52.4 Å². The van der Waals surface area contributed by atoms with E-state index >= 15 is 0 Å². The fourth-order valence-electron chi connectivity index (χ4n) is 9.05. The molecule has 5 heteroatoms. The maximum absolute atomic E-state index is 7.06. The van der Waals surface area contributed by atoms with E-state index in [4.69, 9.17) is 8.83 Å². The Hall–Kier alpha value is -6.82. The first-order chi connectivity index (χ1) is 29.5. The Balaban J connectivity index is 1.25. The van der Waals surface area contributed by atoms with E-state index in [1.165, 1.54) is 11.1 Å². The van der Waals surface area contributed by atoms with Crippen LogP contribution in [0.25, 0.3) is 64.0 Å². The van der Waals surface area contributed by atoms with E-state index in [9.17, 15) is 0 Å². The maximum atomic E-state index is 7.06. The van der Waals surface area contributed by atoms with Gasteiger partial charge in [-0.25, -0.2) is 0 Å². The molecule has 298 valence electrons. The van der Waals surface area contributed by atoms with Crippen molar-refractivity contribution in [2.24, 2.45) is 0 Å². The highest BCUT2D eigenvalue weighted by molar-refractivity contribution is 7.26. The zero-order valence-electron chi connectivity index (χ0n) is 35.3. The SMILES string of the molecule is CC(C)(C)c1ccc(N(c2ccccc2)c2cc3sc4cc(N(c5ccccc5)c5ccc(C(C)(C)C)cc5)c5c6ccccc6oc5c4c3c3oc4ccccc4c23)cc1. The van der Waals surface area contributed by atoms with Gasteiger partial charge in [0, 0.05) is 53.7 Å². The van der Waals surface area contributed by atoms with Gasteiger partial charge in [0.05, 0.1) is 22.1 Å². The fourth-order valence-corrected chi connectivity index (χ4v) is 10.2. The van der Waals surface area contributed by atoms with Gasteiger partial charge in [-0.05, 0) is 94.8 Å². The lowest BCUT2D eigenvalue weighted by molar-refractivity contribution is 0.590. The van der Waals surface area contributed by atoms with E-state index in [1.807, 2.05) is 0 Å². The van der Waals surface area contributed by atoms with E-state index in [1.54, 1.807) is 11.3 Å². The van der Waals surface area contributed by atoms with Crippen LogP contribution in [0.3, 0.4) is 0 Å². The number of anilines is 6. The molecule has 0 amide bonds. The predicted molar refractivity (Wildman–Crippen MR) is 261 cm³/mol. The molecule has 11 rings (SSSR count). The van der Waals surface area contributed by atoms with Gasteiger partial charge in [-0.15, -0.1) is 11.3 Å². The number of nitrogens with zero attached hydrogens (tertiary/aromatic N) is 2. The second-order valence-electron chi connectivity index (χ2n) is 18.2. The molecule has 0 N–H and O–H groups in total. The molecule has 0 atom stereocenters. The molecule has 3 heterocycles. The van der Waals surface area contributed by atoms with Crippen LogP contribution in [0.1, 0.15) is 52.7 Å². The number of benzene rings is 8. The smallest absolute Gasteiger partial charge is 0.146 e. The van der Waals surface area contributed by atoms with E-state index in [-0.39, 0.29) is 10.8 Å². The van der Waals surface area contributed by atoms with Crippen LogP contribution in [0.4, 0.5) is 34.1 Å². The largest absolute Gasteiger partial charge is 0.455 e. The highest BCUT2D eigenvalue weighted by Crippen LogP contribution is 2.54. The fraction of sp³-hybridized carbons (Fsp3) is 0.143. The minimum Gasteiger partial charge on any atom is -0.455 e. The second kappa shape index (κ2) is 13.9. The zero-order valence-corrected chi connectivity index (χ0v) is 36.1. The monoisotopic (exact) mass is 810 g/mol. The van der Waals surface area contributed by atoms with Gasteiger partial charge < -0.3 is 18.6 Å². The van der Waals surface area contributed by atoms with Gasteiger partial charge in [-0.3, -0.25) is 0 Å². The van der Waals surface area contributed by atoms with Crippen LogP contribution in [0.5, 0.6) is 0 Å². The molecule has 0 radical (unpaired) electrons. The lowest BCUT2D eigenvalue weighted by Crippen LogP contribution is -2.13. The highest BCUT2D eigenvalue weighted by Gasteiger charge is 2.29. The first-order valence-corrected chi connectivity index (χ1v) is 21.9. The summed E-state index contributed by atoms with van der Waals surface area (Å²) >= 11 is 1.79. The number of thiophene rings is 1. The summed E-state index contributed by atoms with van der Waals surface area (Å²) in [5.74, 6) is 0. The third-order valence-electron chi connectivity index (χ3n) is 12.1. The molecule has 0 spiro atoms. The van der Waals surface area contributed by atoms with Gasteiger partial charge >= 0.3 is 0 Å². The van der Waals surface area contributed by atoms with Crippen molar-refractivity contribution in [1.29, 1.82) is 0 Å². The summed E-state index contributed by atoms with van der Waals surface area (Å²) in [5.41, 5.74) is 12.6. The van der Waals surface area contributed by atoms with Gasteiger partial charge in [0.15, 0.2) is 0 Å². The molecule has 0 saturated carbocycles. The molecule has 61 heavy (non-hydrogen) atoms. The van der Waals surface area contributed by atoms with Crippen molar-refractivity contribution in [3.8, 4) is 0 Å². The quantitative estimate of drug-likeness (QED) is 0.167. The topological polar surface area (TPSA) is 32.8 Å². The summed E-state index contributed by atoms with van der Waals surface area (Å²) in [4.78, 5) is 4.78. The Bertz CT molecular complexity index is 3190. The lowest BCUT2D eigenvalue weighted by atomic mass is 9.87.